The molecule has 5 heteroatoms. The predicted octanol–water partition coefficient (Wildman–Crippen LogP) is 4.14. The van der Waals surface area contributed by atoms with Crippen molar-refractivity contribution in [1.82, 2.24) is 5.32 Å². The number of unbranched alkanes of at least 4 members (excludes halogenated alkanes) is 1. The summed E-state index contributed by atoms with van der Waals surface area (Å²) in [6.45, 7) is 5.36. The van der Waals surface area contributed by atoms with E-state index in [-0.39, 0.29) is 12.2 Å². The Labute approximate surface area is 180 Å². The molecule has 3 aliphatic rings. The second kappa shape index (κ2) is 9.97. The van der Waals surface area contributed by atoms with Crippen molar-refractivity contribution in [2.75, 3.05) is 6.54 Å². The first-order chi connectivity index (χ1) is 14.3. The number of hydrogen-bond acceptors (Lipinski definition) is 4. The third-order valence-electron chi connectivity index (χ3n) is 7.48. The van der Waals surface area contributed by atoms with Crippen LogP contribution in [0.5, 0.6) is 5.75 Å². The molecule has 1 aromatic carbocycles. The molecule has 0 amide bonds. The summed E-state index contributed by atoms with van der Waals surface area (Å²) < 4.78 is 0. The fraction of sp³-hybridized carbons (Fsp3) is 0.640. The van der Waals surface area contributed by atoms with Crippen LogP contribution < -0.4 is 5.32 Å². The number of carbonyl (C=O) groups is 1. The number of carboxylic acids is 1. The van der Waals surface area contributed by atoms with Gasteiger partial charge < -0.3 is 20.6 Å². The Kier molecular flexibility index (Phi) is 7.59. The molecule has 3 saturated carbocycles. The number of carboxylic acid groups (broad SMARTS) is 1. The Morgan fingerprint density at radius 1 is 1.23 bits per heavy atom. The summed E-state index contributed by atoms with van der Waals surface area (Å²) in [5.41, 5.74) is 1.42. The van der Waals surface area contributed by atoms with E-state index in [9.17, 15) is 15.0 Å². The molecule has 1 aromatic rings. The molecule has 166 valence electrons. The maximum atomic E-state index is 10.6. The van der Waals surface area contributed by atoms with Crippen molar-refractivity contribution in [2.24, 2.45) is 23.2 Å². The van der Waals surface area contributed by atoms with E-state index in [4.69, 9.17) is 5.11 Å². The normalized spacial score (nSPS) is 28.2. The standard InChI is InChI=1S/C25H37NO4/c1-25(2)18-14-22(25)21(7-5-3-4-6-8-24(29)30)23(15-18)26-16-20(28)13-17-9-11-19(27)12-10-17/h3,5,9-12,18,20-23,26-28H,4,6-8,13-16H2,1-2H3,(H,29,30)/b5-3-/t18-,20+,21+,22+,23+/m1/s1. The molecule has 5 nitrogen and oxygen atoms in total. The summed E-state index contributed by atoms with van der Waals surface area (Å²) >= 11 is 0. The number of aromatic hydroxyl groups is 1. The van der Waals surface area contributed by atoms with Crippen LogP contribution in [0.1, 0.15) is 57.9 Å². The molecule has 3 aliphatic carbocycles. The van der Waals surface area contributed by atoms with Crippen LogP contribution in [-0.4, -0.2) is 40.0 Å². The van der Waals surface area contributed by atoms with Gasteiger partial charge in [-0.3, -0.25) is 4.79 Å². The Bertz CT molecular complexity index is 727. The van der Waals surface area contributed by atoms with E-state index in [2.05, 4.69) is 31.3 Å². The van der Waals surface area contributed by atoms with Gasteiger partial charge in [-0.1, -0.05) is 38.1 Å². The average Bonchev–Trinajstić information content (AvgIpc) is 2.70. The van der Waals surface area contributed by atoms with E-state index < -0.39 is 12.1 Å². The van der Waals surface area contributed by atoms with Gasteiger partial charge >= 0.3 is 5.97 Å². The van der Waals surface area contributed by atoms with Gasteiger partial charge in [0.15, 0.2) is 0 Å². The number of phenolic OH excluding ortho intramolecular Hbond substituents is 1. The summed E-state index contributed by atoms with van der Waals surface area (Å²) in [5.74, 6) is 1.53. The summed E-state index contributed by atoms with van der Waals surface area (Å²) in [6.07, 6.45) is 9.72. The summed E-state index contributed by atoms with van der Waals surface area (Å²) in [5, 5.41) is 32.3. The molecule has 0 spiro atoms. The molecule has 5 atom stereocenters. The molecule has 0 aromatic heterocycles. The third kappa shape index (κ3) is 5.64. The molecule has 0 unspecified atom stereocenters. The van der Waals surface area contributed by atoms with Crippen LogP contribution >= 0.6 is 0 Å². The van der Waals surface area contributed by atoms with Crippen LogP contribution in [0.2, 0.25) is 0 Å². The van der Waals surface area contributed by atoms with Crippen molar-refractivity contribution in [3.63, 3.8) is 0 Å². The van der Waals surface area contributed by atoms with Gasteiger partial charge in [-0.15, -0.1) is 0 Å². The van der Waals surface area contributed by atoms with Crippen LogP contribution in [0.25, 0.3) is 0 Å². The zero-order valence-corrected chi connectivity index (χ0v) is 18.3. The zero-order chi connectivity index (χ0) is 21.7. The highest BCUT2D eigenvalue weighted by atomic mass is 16.4. The molecule has 4 rings (SSSR count). The maximum absolute atomic E-state index is 10.6. The third-order valence-corrected chi connectivity index (χ3v) is 7.48. The van der Waals surface area contributed by atoms with Gasteiger partial charge in [0.1, 0.15) is 5.75 Å². The van der Waals surface area contributed by atoms with Gasteiger partial charge in [0.25, 0.3) is 0 Å². The zero-order valence-electron chi connectivity index (χ0n) is 18.3. The van der Waals surface area contributed by atoms with Crippen molar-refractivity contribution in [3.8, 4) is 5.75 Å². The lowest BCUT2D eigenvalue weighted by Gasteiger charge is -2.63. The van der Waals surface area contributed by atoms with E-state index in [0.29, 0.717) is 42.7 Å². The fourth-order valence-corrected chi connectivity index (χ4v) is 5.51. The number of rotatable bonds is 11. The lowest BCUT2D eigenvalue weighted by atomic mass is 9.44. The second-order valence-electron chi connectivity index (χ2n) is 9.79. The van der Waals surface area contributed by atoms with Gasteiger partial charge in [-0.2, -0.15) is 0 Å². The number of aliphatic hydroxyl groups excluding tert-OH is 1. The lowest BCUT2D eigenvalue weighted by Crippen LogP contribution is -2.61. The SMILES string of the molecule is CC1(C)[C@H]2C[C@H](NC[C@@H](O)Cc3ccc(O)cc3)[C@@H](C/C=C\CCCC(=O)O)[C@@H]1C2. The number of hydrogen-bond donors (Lipinski definition) is 4. The van der Waals surface area contributed by atoms with Crippen LogP contribution in [0.15, 0.2) is 36.4 Å². The number of phenols is 1. The summed E-state index contributed by atoms with van der Waals surface area (Å²) in [7, 11) is 0. The van der Waals surface area contributed by atoms with Crippen LogP contribution in [0, 0.1) is 23.2 Å². The minimum atomic E-state index is -0.729. The molecule has 4 N–H and O–H groups in total. The van der Waals surface area contributed by atoms with E-state index in [1.165, 1.54) is 6.42 Å². The first-order valence-electron chi connectivity index (χ1n) is 11.3. The van der Waals surface area contributed by atoms with Gasteiger partial charge in [0, 0.05) is 19.0 Å². The predicted molar refractivity (Wildman–Crippen MR) is 118 cm³/mol. The highest BCUT2D eigenvalue weighted by molar-refractivity contribution is 5.66. The Morgan fingerprint density at radius 2 is 1.97 bits per heavy atom. The highest BCUT2D eigenvalue weighted by Crippen LogP contribution is 2.62. The van der Waals surface area contributed by atoms with Crippen molar-refractivity contribution in [2.45, 2.75) is 70.9 Å². The molecular formula is C25H37NO4. The molecule has 3 fully saturated rings. The van der Waals surface area contributed by atoms with Crippen molar-refractivity contribution in [3.05, 3.63) is 42.0 Å². The average molecular weight is 416 g/mol. The Morgan fingerprint density at radius 3 is 2.63 bits per heavy atom. The van der Waals surface area contributed by atoms with Crippen molar-refractivity contribution in [1.29, 1.82) is 0 Å². The largest absolute Gasteiger partial charge is 0.508 e. The summed E-state index contributed by atoms with van der Waals surface area (Å²) in [6, 6.07) is 7.44. The second-order valence-corrected chi connectivity index (χ2v) is 9.79. The number of aliphatic carboxylic acids is 1. The maximum Gasteiger partial charge on any atom is 0.303 e. The first-order valence-corrected chi connectivity index (χ1v) is 11.3. The number of aliphatic hydroxyl groups is 1. The van der Waals surface area contributed by atoms with E-state index in [1.807, 2.05) is 12.1 Å². The fourth-order valence-electron chi connectivity index (χ4n) is 5.51. The minimum absolute atomic E-state index is 0.230. The number of nitrogens with one attached hydrogen (secondary N) is 1. The molecule has 2 bridgehead atoms. The molecule has 0 heterocycles. The van der Waals surface area contributed by atoms with Crippen LogP contribution in [0.4, 0.5) is 0 Å². The van der Waals surface area contributed by atoms with Crippen LogP contribution in [-0.2, 0) is 11.2 Å². The number of allylic oxidation sites excluding steroid dienone is 2. The first kappa shape index (κ1) is 22.8. The van der Waals surface area contributed by atoms with Crippen molar-refractivity contribution >= 4 is 5.97 Å². The molecule has 0 aliphatic heterocycles. The monoisotopic (exact) mass is 415 g/mol. The molecule has 0 saturated heterocycles. The van der Waals surface area contributed by atoms with E-state index >= 15 is 0 Å². The quantitative estimate of drug-likeness (QED) is 0.322. The molecular weight excluding hydrogens is 378 g/mol. The lowest BCUT2D eigenvalue weighted by molar-refractivity contribution is -0.137. The number of fused-ring (bicyclic) bond motifs is 2. The number of benzene rings is 1. The molecule has 30 heavy (non-hydrogen) atoms. The van der Waals surface area contributed by atoms with Crippen molar-refractivity contribution < 1.29 is 20.1 Å². The molecule has 0 radical (unpaired) electrons. The van der Waals surface area contributed by atoms with Gasteiger partial charge in [0.2, 0.25) is 0 Å². The van der Waals surface area contributed by atoms with Gasteiger partial charge in [-0.05, 0) is 79.4 Å². The van der Waals surface area contributed by atoms with E-state index in [1.54, 1.807) is 12.1 Å². The Balaban J connectivity index is 1.50. The highest BCUT2D eigenvalue weighted by Gasteiger charge is 2.56. The summed E-state index contributed by atoms with van der Waals surface area (Å²) in [4.78, 5) is 10.6. The minimum Gasteiger partial charge on any atom is -0.508 e. The topological polar surface area (TPSA) is 89.8 Å². The Hall–Kier alpha value is -1.85. The van der Waals surface area contributed by atoms with Gasteiger partial charge in [-0.25, -0.2) is 0 Å². The van der Waals surface area contributed by atoms with E-state index in [0.717, 1.165) is 30.7 Å². The van der Waals surface area contributed by atoms with Gasteiger partial charge in [0.05, 0.1) is 6.10 Å². The van der Waals surface area contributed by atoms with Crippen LogP contribution in [0.3, 0.4) is 0 Å². The smallest absolute Gasteiger partial charge is 0.303 e.